The Kier molecular flexibility index (Phi) is 12.9. The number of carbonyl (C=O) groups is 3. The van der Waals surface area contributed by atoms with Crippen molar-refractivity contribution in [1.82, 2.24) is 15.8 Å². The van der Waals surface area contributed by atoms with Gasteiger partial charge in [0.25, 0.3) is 11.8 Å². The molecule has 3 aromatic rings. The van der Waals surface area contributed by atoms with Crippen molar-refractivity contribution in [3.05, 3.63) is 83.2 Å². The number of hydrogen-bond donors (Lipinski definition) is 6. The van der Waals surface area contributed by atoms with E-state index in [4.69, 9.17) is 30.5 Å². The maximum atomic E-state index is 13.3. The van der Waals surface area contributed by atoms with Gasteiger partial charge in [0.2, 0.25) is 0 Å². The largest absolute Gasteiger partial charge is 0.490 e. The molecule has 0 aliphatic heterocycles. The van der Waals surface area contributed by atoms with Crippen LogP contribution in [0.2, 0.25) is 0 Å². The van der Waals surface area contributed by atoms with Crippen LogP contribution in [0.15, 0.2) is 60.9 Å². The van der Waals surface area contributed by atoms with Gasteiger partial charge in [-0.25, -0.2) is 4.79 Å². The Morgan fingerprint density at radius 2 is 1.60 bits per heavy atom. The predicted octanol–water partition coefficient (Wildman–Crippen LogP) is 4.82. The molecule has 2 amide bonds. The minimum Gasteiger partial charge on any atom is -0.490 e. The number of carboxylic acid groups (broad SMARTS) is 1. The Bertz CT molecular complexity index is 1560. The molecule has 0 bridgehead atoms. The van der Waals surface area contributed by atoms with E-state index in [-0.39, 0.29) is 11.9 Å². The van der Waals surface area contributed by atoms with Gasteiger partial charge in [0.1, 0.15) is 11.9 Å². The molecule has 0 saturated heterocycles. The fourth-order valence-electron chi connectivity index (χ4n) is 3.62. The number of carbonyl (C=O) groups excluding carboxylic acids is 2. The highest BCUT2D eigenvalue weighted by Gasteiger charge is 2.38. The molecule has 1 heterocycles. The molecule has 0 radical (unpaired) electrons. The first-order chi connectivity index (χ1) is 21.8. The minimum atomic E-state index is -5.08. The number of nitrogen functional groups attached to an aromatic ring is 1. The average Bonchev–Trinajstić information content (AvgIpc) is 2.99. The number of pyridine rings is 1. The summed E-state index contributed by atoms with van der Waals surface area (Å²) < 4.78 is 83.2. The van der Waals surface area contributed by atoms with Gasteiger partial charge in [-0.2, -0.15) is 26.3 Å². The van der Waals surface area contributed by atoms with Crippen molar-refractivity contribution in [2.24, 2.45) is 5.73 Å². The summed E-state index contributed by atoms with van der Waals surface area (Å²) >= 11 is 0. The number of nitrogens with one attached hydrogen (secondary N) is 4. The first-order valence-electron chi connectivity index (χ1n) is 13.4. The van der Waals surface area contributed by atoms with E-state index in [1.54, 1.807) is 49.4 Å². The van der Waals surface area contributed by atoms with Crippen molar-refractivity contribution in [2.75, 3.05) is 11.9 Å². The molecule has 12 nitrogen and oxygen atoms in total. The number of nitrogens with two attached hydrogens (primary N) is 1. The number of carboxylic acids is 1. The van der Waals surface area contributed by atoms with Gasteiger partial charge in [-0.15, -0.1) is 0 Å². The number of benzene rings is 2. The van der Waals surface area contributed by atoms with Crippen molar-refractivity contribution in [1.29, 1.82) is 5.41 Å². The third-order valence-electron chi connectivity index (χ3n) is 5.65. The van der Waals surface area contributed by atoms with Gasteiger partial charge in [-0.3, -0.25) is 30.8 Å². The predicted molar refractivity (Wildman–Crippen MR) is 156 cm³/mol. The molecule has 18 heteroatoms. The van der Waals surface area contributed by atoms with Crippen LogP contribution in [0.5, 0.6) is 11.5 Å². The second-order valence-electron chi connectivity index (χ2n) is 9.54. The SMILES string of the molecule is CCOc1cc(C(Nc2ccc(C(=N)N)cc2)C(=O)NNC(=O)c2cnccc2C(F)(F)F)ccc1OC(C)C.O=C(O)C(F)(F)F. The minimum absolute atomic E-state index is 0.140. The number of aromatic nitrogens is 1. The van der Waals surface area contributed by atoms with Crippen LogP contribution < -0.4 is 31.4 Å². The molecule has 1 unspecified atom stereocenters. The molecule has 0 aliphatic rings. The van der Waals surface area contributed by atoms with Gasteiger partial charge in [0.05, 0.1) is 23.8 Å². The molecule has 0 spiro atoms. The number of aliphatic carboxylic acids is 1. The normalized spacial score (nSPS) is 11.8. The molecular formula is C29H30F6N6O6. The summed E-state index contributed by atoms with van der Waals surface area (Å²) in [7, 11) is 0. The van der Waals surface area contributed by atoms with Gasteiger partial charge in [-0.05, 0) is 68.8 Å². The number of hydrogen-bond acceptors (Lipinski definition) is 8. The van der Waals surface area contributed by atoms with Crippen molar-refractivity contribution >= 4 is 29.3 Å². The van der Waals surface area contributed by atoms with Crippen LogP contribution in [0.25, 0.3) is 0 Å². The summed E-state index contributed by atoms with van der Waals surface area (Å²) in [5, 5.41) is 17.7. The van der Waals surface area contributed by atoms with Crippen LogP contribution in [0.3, 0.4) is 0 Å². The van der Waals surface area contributed by atoms with E-state index in [9.17, 15) is 35.9 Å². The molecule has 3 rings (SSSR count). The number of amidine groups is 1. The highest BCUT2D eigenvalue weighted by molar-refractivity contribution is 5.98. The number of ether oxygens (including phenoxy) is 2. The highest BCUT2D eigenvalue weighted by Crippen LogP contribution is 2.33. The lowest BCUT2D eigenvalue weighted by molar-refractivity contribution is -0.192. The maximum Gasteiger partial charge on any atom is 0.490 e. The molecule has 47 heavy (non-hydrogen) atoms. The van der Waals surface area contributed by atoms with Crippen LogP contribution in [-0.4, -0.2) is 52.6 Å². The summed E-state index contributed by atoms with van der Waals surface area (Å²) in [6.45, 7) is 5.80. The van der Waals surface area contributed by atoms with Crippen molar-refractivity contribution in [2.45, 2.75) is 45.3 Å². The number of halogens is 6. The third-order valence-corrected chi connectivity index (χ3v) is 5.65. The fraction of sp³-hybridized carbons (Fsp3) is 0.276. The molecular weight excluding hydrogens is 642 g/mol. The van der Waals surface area contributed by atoms with E-state index in [1.807, 2.05) is 19.3 Å². The van der Waals surface area contributed by atoms with E-state index >= 15 is 0 Å². The number of amides is 2. The Balaban J connectivity index is 0.000000984. The van der Waals surface area contributed by atoms with Crippen LogP contribution in [0.4, 0.5) is 32.0 Å². The molecule has 2 aromatic carbocycles. The van der Waals surface area contributed by atoms with Crippen LogP contribution >= 0.6 is 0 Å². The Hall–Kier alpha value is -5.55. The zero-order valence-electron chi connectivity index (χ0n) is 24.9. The van der Waals surface area contributed by atoms with Crippen molar-refractivity contribution in [3.63, 3.8) is 0 Å². The van der Waals surface area contributed by atoms with Crippen LogP contribution in [0.1, 0.15) is 53.9 Å². The van der Waals surface area contributed by atoms with E-state index in [2.05, 4.69) is 15.7 Å². The molecule has 0 saturated carbocycles. The topological polar surface area (TPSA) is 189 Å². The highest BCUT2D eigenvalue weighted by atomic mass is 19.4. The van der Waals surface area contributed by atoms with Gasteiger partial charge >= 0.3 is 18.3 Å². The Morgan fingerprint density at radius 1 is 0.979 bits per heavy atom. The smallest absolute Gasteiger partial charge is 0.490 e. The van der Waals surface area contributed by atoms with E-state index < -0.39 is 47.3 Å². The van der Waals surface area contributed by atoms with Gasteiger partial charge in [-0.1, -0.05) is 6.07 Å². The number of anilines is 1. The number of alkyl halides is 6. The monoisotopic (exact) mass is 672 g/mol. The van der Waals surface area contributed by atoms with Crippen molar-refractivity contribution < 1.29 is 55.3 Å². The molecule has 7 N–H and O–H groups in total. The maximum absolute atomic E-state index is 13.3. The summed E-state index contributed by atoms with van der Waals surface area (Å²) in [5.74, 6) is -4.06. The average molecular weight is 673 g/mol. The molecule has 0 fully saturated rings. The van der Waals surface area contributed by atoms with Gasteiger partial charge in [0.15, 0.2) is 11.5 Å². The fourth-order valence-corrected chi connectivity index (χ4v) is 3.62. The second-order valence-corrected chi connectivity index (χ2v) is 9.54. The van der Waals surface area contributed by atoms with Crippen LogP contribution in [0, 0.1) is 5.41 Å². The third kappa shape index (κ3) is 11.4. The molecule has 0 aliphatic carbocycles. The zero-order valence-corrected chi connectivity index (χ0v) is 24.9. The summed E-state index contributed by atoms with van der Waals surface area (Å²) in [5.41, 5.74) is 9.10. The molecule has 1 atom stereocenters. The standard InChI is InChI=1S/C27H29F3N6O4.C2HF3O2/c1-4-39-22-13-17(7-10-21(22)40-15(2)3)23(34-18-8-5-16(6-9-18)24(31)32)26(38)36-35-25(37)19-14-33-12-11-20(19)27(28,29)30;3-2(4,5)1(6)7/h5-15,23,34H,4H2,1-3H3,(H3,31,32)(H,35,37)(H,36,38);(H,6,7). The second kappa shape index (κ2) is 16.1. The summed E-state index contributed by atoms with van der Waals surface area (Å²) in [4.78, 5) is 38.4. The first kappa shape index (κ1) is 37.6. The van der Waals surface area contributed by atoms with Gasteiger partial charge in [0, 0.05) is 23.6 Å². The van der Waals surface area contributed by atoms with E-state index in [0.717, 1.165) is 12.4 Å². The summed E-state index contributed by atoms with van der Waals surface area (Å²) in [6.07, 6.45) is -8.35. The molecule has 1 aromatic heterocycles. The van der Waals surface area contributed by atoms with Gasteiger partial charge < -0.3 is 25.6 Å². The number of nitrogens with zero attached hydrogens (tertiary/aromatic N) is 1. The quantitative estimate of drug-likeness (QED) is 0.0760. The Morgan fingerprint density at radius 3 is 2.11 bits per heavy atom. The van der Waals surface area contributed by atoms with Crippen molar-refractivity contribution in [3.8, 4) is 11.5 Å². The summed E-state index contributed by atoms with van der Waals surface area (Å²) in [6, 6.07) is 10.7. The lowest BCUT2D eigenvalue weighted by Crippen LogP contribution is -2.46. The lowest BCUT2D eigenvalue weighted by atomic mass is 10.0. The first-order valence-corrected chi connectivity index (χ1v) is 13.4. The number of rotatable bonds is 10. The van der Waals surface area contributed by atoms with E-state index in [1.165, 1.54) is 0 Å². The Labute approximate surface area is 263 Å². The van der Waals surface area contributed by atoms with E-state index in [0.29, 0.717) is 41.0 Å². The van der Waals surface area contributed by atoms with Crippen LogP contribution in [-0.2, 0) is 15.8 Å². The number of hydrazine groups is 1. The molecule has 254 valence electrons. The zero-order chi connectivity index (χ0) is 35.5. The lowest BCUT2D eigenvalue weighted by Gasteiger charge is -2.22.